The number of fused-ring (bicyclic) bond motifs is 12. The van der Waals surface area contributed by atoms with E-state index in [9.17, 15) is 19.2 Å². The molecule has 0 saturated carbocycles. The second-order valence-corrected chi connectivity index (χ2v) is 82.2. The van der Waals surface area contributed by atoms with Gasteiger partial charge in [-0.1, -0.05) is 375 Å². The Labute approximate surface area is 927 Å². The molecule has 18 heteroatoms. The summed E-state index contributed by atoms with van der Waals surface area (Å²) in [6.45, 7) is 21.8. The van der Waals surface area contributed by atoms with Crippen molar-refractivity contribution in [3.05, 3.63) is 114 Å². The van der Waals surface area contributed by atoms with E-state index in [0.717, 1.165) is 131 Å². The first-order chi connectivity index (χ1) is 71.0. The van der Waals surface area contributed by atoms with E-state index >= 15 is 0 Å². The van der Waals surface area contributed by atoms with Crippen LogP contribution in [-0.2, 0) is 0 Å². The second kappa shape index (κ2) is 68.9. The molecule has 0 aliphatic carbocycles. The number of amides is 4. The summed E-state index contributed by atoms with van der Waals surface area (Å²) in [6, 6.07) is 26.6. The summed E-state index contributed by atoms with van der Waals surface area (Å²) in [5.74, 6) is 3.39. The number of benzene rings is 6. The fourth-order valence-electron chi connectivity index (χ4n) is 21.4. The number of nitrogens with zero attached hydrogens (tertiary/aromatic N) is 2. The minimum atomic E-state index is -2.29. The van der Waals surface area contributed by atoms with E-state index in [2.05, 4.69) is 187 Å². The summed E-state index contributed by atoms with van der Waals surface area (Å²) in [5, 5.41) is 9.92. The Kier molecular flexibility index (Phi) is 58.3. The van der Waals surface area contributed by atoms with Crippen LogP contribution in [0.25, 0.3) is 72.3 Å². The van der Waals surface area contributed by atoms with Crippen molar-refractivity contribution >= 4 is 205 Å². The van der Waals surface area contributed by atoms with E-state index < -0.39 is 36.8 Å². The molecule has 2 aliphatic rings. The molecular formula is C128H194Br2N2O8S4Sn2. The van der Waals surface area contributed by atoms with Gasteiger partial charge in [0.2, 0.25) is 0 Å². The van der Waals surface area contributed by atoms with Gasteiger partial charge in [-0.15, -0.1) is 22.7 Å². The van der Waals surface area contributed by atoms with Crippen LogP contribution >= 0.6 is 77.2 Å². The molecule has 4 amide bonds. The van der Waals surface area contributed by atoms with Crippen molar-refractivity contribution in [2.24, 2.45) is 0 Å². The first-order valence-electron chi connectivity index (χ1n) is 59.8. The number of imide groups is 2. The fourth-order valence-corrected chi connectivity index (χ4v) is 37.5. The van der Waals surface area contributed by atoms with Crippen molar-refractivity contribution < 1.29 is 38.1 Å². The van der Waals surface area contributed by atoms with Crippen LogP contribution in [-0.4, -0.2) is 110 Å². The van der Waals surface area contributed by atoms with Crippen LogP contribution in [0.5, 0.6) is 23.0 Å². The molecule has 12 rings (SSSR count). The molecule has 10 aromatic rings. The maximum absolute atomic E-state index is 14.4. The van der Waals surface area contributed by atoms with Gasteiger partial charge in [-0.2, -0.15) is 0 Å². The molecule has 0 saturated heterocycles. The van der Waals surface area contributed by atoms with Gasteiger partial charge in [0.1, 0.15) is 11.5 Å². The van der Waals surface area contributed by atoms with Crippen LogP contribution in [0.3, 0.4) is 0 Å². The molecule has 0 atom stereocenters. The van der Waals surface area contributed by atoms with E-state index in [1.807, 2.05) is 24.3 Å². The quantitative estimate of drug-likeness (QED) is 0.0211. The number of carbonyl (C=O) groups excluding carboxylic acids is 4. The minimum absolute atomic E-state index is 0.134. The maximum atomic E-state index is 14.4. The van der Waals surface area contributed by atoms with Crippen LogP contribution in [0, 0.1) is 13.8 Å². The van der Waals surface area contributed by atoms with Gasteiger partial charge in [-0.3, -0.25) is 29.0 Å². The Hall–Kier alpha value is -4.28. The molecule has 0 radical (unpaired) electrons. The monoisotopic (exact) mass is 2410 g/mol. The third-order valence-corrected chi connectivity index (χ3v) is 55.1. The molecule has 146 heavy (non-hydrogen) atoms. The van der Waals surface area contributed by atoms with Gasteiger partial charge in [0.05, 0.1) is 35.5 Å². The Morgan fingerprint density at radius 2 is 0.486 bits per heavy atom. The van der Waals surface area contributed by atoms with E-state index in [1.54, 1.807) is 29.3 Å². The summed E-state index contributed by atoms with van der Waals surface area (Å²) < 4.78 is 37.4. The Morgan fingerprint density at radius 1 is 0.253 bits per heavy atom. The predicted octanol–water partition coefficient (Wildman–Crippen LogP) is 42.9. The van der Waals surface area contributed by atoms with Crippen molar-refractivity contribution in [1.82, 2.24) is 9.80 Å². The van der Waals surface area contributed by atoms with Crippen LogP contribution in [0.1, 0.15) is 504 Å². The topological polar surface area (TPSA) is 112 Å². The SMILES string of the molecule is CCCCCCCCCCCCCCN1C(=O)c2c(Br)ccc(Br)c2C1=O.CCCCCCCCCCCCCCN1C(=O)c2c(C)ccc(-c3cc4cc(OCCCCCCCCCCCC)c5c6sc(C)cc6cc(OCCCCCCCCCCCC)c5c4s3)c2C1=O.CCCCCCCCCCCCOc1cc2c[c]([Sn]([CH3])([CH3])[CH3])sc2c2c(OCCCCCCCCCCCC)cc3c[c]([Sn]([CH3])([CH3])[CH3])sc3c12. The van der Waals surface area contributed by atoms with Crippen molar-refractivity contribution in [2.75, 3.05) is 39.5 Å². The van der Waals surface area contributed by atoms with Gasteiger partial charge >= 0.3 is 248 Å². The summed E-state index contributed by atoms with van der Waals surface area (Å²) in [6.07, 6.45) is 83.0. The number of halogens is 2. The summed E-state index contributed by atoms with van der Waals surface area (Å²) in [5.41, 5.74) is 3.86. The Balaban J connectivity index is 0.000000246. The van der Waals surface area contributed by atoms with Crippen LogP contribution in [0.15, 0.2) is 81.7 Å². The average Bonchev–Trinajstić information content (AvgIpc) is 1.55. The normalized spacial score (nSPS) is 12.8. The number of hydrogen-bond donors (Lipinski definition) is 0. The number of rotatable bonds is 77. The molecule has 0 unspecified atom stereocenters. The molecule has 6 heterocycles. The third kappa shape index (κ3) is 39.3. The number of thiophene rings is 4. The van der Waals surface area contributed by atoms with Crippen molar-refractivity contribution in [1.29, 1.82) is 0 Å². The number of carbonyl (C=O) groups is 4. The summed E-state index contributed by atoms with van der Waals surface area (Å²) in [4.78, 5) is 74.1. The van der Waals surface area contributed by atoms with E-state index in [4.69, 9.17) is 18.9 Å². The summed E-state index contributed by atoms with van der Waals surface area (Å²) in [7, 11) is 0. The molecule has 0 bridgehead atoms. The van der Waals surface area contributed by atoms with Crippen molar-refractivity contribution in [3.8, 4) is 33.4 Å². The standard InChI is InChI=1S/C62H91NO4S2.C38H54O2S2.C22H31Br2NO2.6CH3.2Sn/c1-6-9-12-15-18-21-24-25-26-29-32-35-40-63-61(64)55-47(4)38-39-51(56(55)62(63)65)54-46-50-45-53(67-42-37-34-31-28-23-20-17-14-11-8-3)57-58(60(50)69-54)52(44-49-43-48(5)68-59(49)57)66-41-36-33-30-27-22-19-16-13-10-7-2;1-3-5-7-9-11-13-15-17-19-21-25-39-33-29-31-23-27-42-38(31)36-34(30-32-24-28-41-37(32)35(33)36)40-26-22-20-18-16-14-12-10-8-6-4-2;1-2-3-4-5-6-7-8-9-10-11-12-13-16-25-21(26)19-17(23)14-15-18(24)20(19)22(25)27;;;;;;;;/h38-39,43-46H,6-37,40-42H2,1-5H3;23-24,29-30H,3-22,25-26H2,1-2H3;14-15H,2-13,16H2,1H3;6*1H3;;. The van der Waals surface area contributed by atoms with Crippen LogP contribution in [0.4, 0.5) is 0 Å². The zero-order chi connectivity index (χ0) is 104. The fraction of sp³-hybridized carbons (Fsp3) is 0.656. The average molecular weight is 2410 g/mol. The first-order valence-corrected chi connectivity index (χ1v) is 84.6. The van der Waals surface area contributed by atoms with Gasteiger partial charge in [-0.25, -0.2) is 0 Å². The molecule has 0 fully saturated rings. The zero-order valence-corrected chi connectivity index (χ0v) is 106. The van der Waals surface area contributed by atoms with E-state index in [-0.39, 0.29) is 23.6 Å². The van der Waals surface area contributed by atoms with E-state index in [1.165, 1.54) is 409 Å². The van der Waals surface area contributed by atoms with Gasteiger partial charge in [0.15, 0.2) is 0 Å². The molecule has 0 N–H and O–H groups in total. The zero-order valence-electron chi connectivity index (χ0n) is 94.0. The van der Waals surface area contributed by atoms with Gasteiger partial charge in [0.25, 0.3) is 23.6 Å². The third-order valence-electron chi connectivity index (χ3n) is 30.3. The van der Waals surface area contributed by atoms with Gasteiger partial charge in [0, 0.05) is 57.5 Å². The van der Waals surface area contributed by atoms with Crippen LogP contribution in [0.2, 0.25) is 29.6 Å². The molecule has 2 aliphatic heterocycles. The molecule has 6 aromatic carbocycles. The first kappa shape index (κ1) is 124. The molecule has 4 aromatic heterocycles. The molecule has 10 nitrogen and oxygen atoms in total. The number of unbranched alkanes of at least 4 members (excludes halogenated alkanes) is 58. The van der Waals surface area contributed by atoms with Crippen molar-refractivity contribution in [3.63, 3.8) is 0 Å². The predicted molar refractivity (Wildman–Crippen MR) is 654 cm³/mol. The van der Waals surface area contributed by atoms with Gasteiger partial charge in [-0.05, 0) is 124 Å². The number of hydrogen-bond acceptors (Lipinski definition) is 12. The summed E-state index contributed by atoms with van der Waals surface area (Å²) >= 11 is 9.89. The number of aryl methyl sites for hydroxylation is 2. The van der Waals surface area contributed by atoms with Gasteiger partial charge < -0.3 is 9.47 Å². The Bertz CT molecular complexity index is 5350. The Morgan fingerprint density at radius 3 is 0.767 bits per heavy atom. The molecular weight excluding hydrogens is 2220 g/mol. The second-order valence-electron chi connectivity index (χ2n) is 45.2. The molecule has 810 valence electrons. The van der Waals surface area contributed by atoms with E-state index in [0.29, 0.717) is 57.5 Å². The number of ether oxygens (including phenoxy) is 4. The van der Waals surface area contributed by atoms with Crippen molar-refractivity contribution in [2.45, 2.75) is 496 Å². The van der Waals surface area contributed by atoms with Crippen LogP contribution < -0.4 is 24.7 Å². The molecule has 0 spiro atoms.